The van der Waals surface area contributed by atoms with Gasteiger partial charge in [-0.15, -0.1) is 0 Å². The third-order valence-electron chi connectivity index (χ3n) is 4.50. The minimum atomic E-state index is -0.201. The molecular formula is C17H21NO2. The summed E-state index contributed by atoms with van der Waals surface area (Å²) in [5.74, 6) is 0.876. The summed E-state index contributed by atoms with van der Waals surface area (Å²) in [4.78, 5) is 14.0. The van der Waals surface area contributed by atoms with Crippen molar-refractivity contribution in [1.29, 1.82) is 0 Å². The predicted molar refractivity (Wildman–Crippen MR) is 78.0 cm³/mol. The average Bonchev–Trinajstić information content (AvgIpc) is 2.71. The van der Waals surface area contributed by atoms with Crippen molar-refractivity contribution < 1.29 is 9.53 Å². The molecule has 106 valence electrons. The largest absolute Gasteiger partial charge is 0.466 e. The van der Waals surface area contributed by atoms with Crippen LogP contribution < -0.4 is 0 Å². The van der Waals surface area contributed by atoms with Crippen LogP contribution in [-0.4, -0.2) is 31.1 Å². The first kappa shape index (κ1) is 13.4. The molecule has 1 saturated heterocycles. The van der Waals surface area contributed by atoms with Crippen LogP contribution in [0.1, 0.15) is 18.4 Å². The maximum absolute atomic E-state index is 11.5. The molecule has 2 unspecified atom stereocenters. The molecule has 2 atom stereocenters. The molecule has 1 saturated carbocycles. The molecule has 1 aromatic carbocycles. The molecular weight excluding hydrogens is 250 g/mol. The number of rotatable bonds is 3. The number of esters is 1. The molecule has 0 radical (unpaired) electrons. The summed E-state index contributed by atoms with van der Waals surface area (Å²) in [5.41, 5.74) is 2.69. The molecule has 2 fully saturated rings. The molecule has 2 aliphatic rings. The van der Waals surface area contributed by atoms with Crippen molar-refractivity contribution >= 4 is 5.97 Å². The third-order valence-corrected chi connectivity index (χ3v) is 4.50. The maximum Gasteiger partial charge on any atom is 0.330 e. The molecule has 0 N–H and O–H groups in total. The van der Waals surface area contributed by atoms with Gasteiger partial charge in [-0.25, -0.2) is 4.79 Å². The van der Waals surface area contributed by atoms with Gasteiger partial charge in [-0.3, -0.25) is 4.90 Å². The number of carbonyl (C=O) groups is 1. The summed E-state index contributed by atoms with van der Waals surface area (Å²) in [5, 5.41) is 0. The van der Waals surface area contributed by atoms with Crippen molar-refractivity contribution in [2.75, 3.05) is 20.2 Å². The fourth-order valence-electron chi connectivity index (χ4n) is 3.56. The van der Waals surface area contributed by atoms with Gasteiger partial charge in [0, 0.05) is 25.7 Å². The Morgan fingerprint density at radius 1 is 1.25 bits per heavy atom. The zero-order valence-electron chi connectivity index (χ0n) is 11.9. The van der Waals surface area contributed by atoms with E-state index in [0.717, 1.165) is 19.6 Å². The van der Waals surface area contributed by atoms with Crippen molar-refractivity contribution in [3.63, 3.8) is 0 Å². The van der Waals surface area contributed by atoms with Crippen LogP contribution in [-0.2, 0) is 16.1 Å². The van der Waals surface area contributed by atoms with Gasteiger partial charge in [0.2, 0.25) is 0 Å². The first-order valence-corrected chi connectivity index (χ1v) is 7.32. The van der Waals surface area contributed by atoms with Crippen LogP contribution in [0.3, 0.4) is 0 Å². The monoisotopic (exact) mass is 271 g/mol. The van der Waals surface area contributed by atoms with Gasteiger partial charge in [0.1, 0.15) is 0 Å². The van der Waals surface area contributed by atoms with E-state index in [1.165, 1.54) is 31.1 Å². The number of fused-ring (bicyclic) bond motifs is 2. The molecule has 0 spiro atoms. The van der Waals surface area contributed by atoms with Crippen LogP contribution in [0.15, 0.2) is 42.0 Å². The van der Waals surface area contributed by atoms with E-state index in [4.69, 9.17) is 4.74 Å². The van der Waals surface area contributed by atoms with Crippen LogP contribution in [0.25, 0.3) is 0 Å². The maximum atomic E-state index is 11.5. The Morgan fingerprint density at radius 3 is 2.50 bits per heavy atom. The number of piperidine rings is 1. The Hall–Kier alpha value is -1.61. The second kappa shape index (κ2) is 5.80. The molecule has 1 heterocycles. The zero-order chi connectivity index (χ0) is 13.9. The lowest BCUT2D eigenvalue weighted by atomic mass is 9.91. The third kappa shape index (κ3) is 2.78. The highest BCUT2D eigenvalue weighted by Crippen LogP contribution is 2.41. The number of hydrogen-bond donors (Lipinski definition) is 0. The van der Waals surface area contributed by atoms with Crippen molar-refractivity contribution in [1.82, 2.24) is 4.90 Å². The van der Waals surface area contributed by atoms with Gasteiger partial charge < -0.3 is 4.74 Å². The molecule has 20 heavy (non-hydrogen) atoms. The number of hydrogen-bond acceptors (Lipinski definition) is 3. The number of carbonyl (C=O) groups excluding carboxylic acids is 1. The first-order valence-electron chi connectivity index (χ1n) is 7.32. The Labute approximate surface area is 120 Å². The molecule has 2 bridgehead atoms. The topological polar surface area (TPSA) is 29.5 Å². The Kier molecular flexibility index (Phi) is 3.88. The van der Waals surface area contributed by atoms with E-state index >= 15 is 0 Å². The molecule has 1 aromatic rings. The lowest BCUT2D eigenvalue weighted by molar-refractivity contribution is -0.135. The van der Waals surface area contributed by atoms with E-state index in [0.29, 0.717) is 11.8 Å². The van der Waals surface area contributed by atoms with E-state index < -0.39 is 0 Å². The second-order valence-electron chi connectivity index (χ2n) is 5.82. The summed E-state index contributed by atoms with van der Waals surface area (Å²) in [7, 11) is 1.45. The first-order chi connectivity index (χ1) is 9.76. The highest BCUT2D eigenvalue weighted by molar-refractivity contribution is 5.83. The second-order valence-corrected chi connectivity index (χ2v) is 5.82. The van der Waals surface area contributed by atoms with Gasteiger partial charge in [-0.05, 0) is 30.2 Å². The Balaban J connectivity index is 1.68. The van der Waals surface area contributed by atoms with Crippen molar-refractivity contribution in [3.8, 4) is 0 Å². The van der Waals surface area contributed by atoms with Gasteiger partial charge in [0.15, 0.2) is 0 Å². The normalized spacial score (nSPS) is 25.6. The number of ether oxygens (including phenoxy) is 1. The van der Waals surface area contributed by atoms with E-state index in [1.807, 2.05) is 0 Å². The summed E-state index contributed by atoms with van der Waals surface area (Å²) in [6.45, 7) is 3.14. The van der Waals surface area contributed by atoms with E-state index in [9.17, 15) is 4.79 Å². The molecule has 3 heteroatoms. The highest BCUT2D eigenvalue weighted by atomic mass is 16.5. The van der Waals surface area contributed by atoms with E-state index in [1.54, 1.807) is 6.08 Å². The van der Waals surface area contributed by atoms with E-state index in [2.05, 4.69) is 35.2 Å². The Bertz CT molecular complexity index is 493. The summed E-state index contributed by atoms with van der Waals surface area (Å²) in [6.07, 6.45) is 4.15. The smallest absolute Gasteiger partial charge is 0.330 e. The fourth-order valence-corrected chi connectivity index (χ4v) is 3.56. The fraction of sp³-hybridized carbons (Fsp3) is 0.471. The van der Waals surface area contributed by atoms with Gasteiger partial charge >= 0.3 is 5.97 Å². The molecule has 1 aliphatic heterocycles. The number of methoxy groups -OCH3 is 1. The van der Waals surface area contributed by atoms with Crippen LogP contribution in [0.5, 0.6) is 0 Å². The Morgan fingerprint density at radius 2 is 1.90 bits per heavy atom. The molecule has 3 nitrogen and oxygen atoms in total. The highest BCUT2D eigenvalue weighted by Gasteiger charge is 2.37. The molecule has 3 rings (SSSR count). The van der Waals surface area contributed by atoms with Crippen LogP contribution >= 0.6 is 0 Å². The summed E-state index contributed by atoms with van der Waals surface area (Å²) >= 11 is 0. The van der Waals surface area contributed by atoms with Crippen molar-refractivity contribution in [3.05, 3.63) is 47.5 Å². The number of nitrogens with zero attached hydrogens (tertiary/aromatic N) is 1. The number of likely N-dealkylation sites (tertiary alicyclic amines) is 1. The van der Waals surface area contributed by atoms with Gasteiger partial charge in [0.05, 0.1) is 7.11 Å². The standard InChI is InChI=1S/C17H21NO2/c1-20-17(19)9-16-14-7-8-15(16)12-18(11-14)10-13-5-3-2-4-6-13/h2-6,9,14-15H,7-8,10-12H2,1H3. The summed E-state index contributed by atoms with van der Waals surface area (Å²) in [6, 6.07) is 10.6. The van der Waals surface area contributed by atoms with E-state index in [-0.39, 0.29) is 5.97 Å². The summed E-state index contributed by atoms with van der Waals surface area (Å²) < 4.78 is 4.77. The van der Waals surface area contributed by atoms with Crippen molar-refractivity contribution in [2.45, 2.75) is 19.4 Å². The van der Waals surface area contributed by atoms with Crippen LogP contribution in [0.2, 0.25) is 0 Å². The average molecular weight is 271 g/mol. The lowest BCUT2D eigenvalue weighted by Gasteiger charge is -2.34. The minimum Gasteiger partial charge on any atom is -0.466 e. The van der Waals surface area contributed by atoms with Crippen molar-refractivity contribution in [2.24, 2.45) is 11.8 Å². The predicted octanol–water partition coefficient (Wildman–Crippen LogP) is 2.63. The lowest BCUT2D eigenvalue weighted by Crippen LogP contribution is -2.37. The molecule has 0 amide bonds. The van der Waals surface area contributed by atoms with Gasteiger partial charge in [-0.1, -0.05) is 35.9 Å². The minimum absolute atomic E-state index is 0.201. The van der Waals surface area contributed by atoms with Crippen LogP contribution in [0, 0.1) is 11.8 Å². The number of benzene rings is 1. The van der Waals surface area contributed by atoms with Crippen LogP contribution in [0.4, 0.5) is 0 Å². The zero-order valence-corrected chi connectivity index (χ0v) is 11.9. The molecule has 0 aromatic heterocycles. The van der Waals surface area contributed by atoms with Gasteiger partial charge in [0.25, 0.3) is 0 Å². The SMILES string of the molecule is COC(=O)C=C1C2CCC1CN(Cc1ccccc1)C2. The van der Waals surface area contributed by atoms with Gasteiger partial charge in [-0.2, -0.15) is 0 Å². The quantitative estimate of drug-likeness (QED) is 0.625. The molecule has 1 aliphatic carbocycles.